The van der Waals surface area contributed by atoms with Crippen molar-refractivity contribution < 1.29 is 0 Å². The Morgan fingerprint density at radius 1 is 0.410 bits per heavy atom. The molecule has 1 aromatic heterocycles. The van der Waals surface area contributed by atoms with Crippen LogP contribution in [0.4, 0.5) is 17.1 Å². The Kier molecular flexibility index (Phi) is 7.74. The molecule has 0 atom stereocenters. The molecule has 290 valence electrons. The van der Waals surface area contributed by atoms with Crippen molar-refractivity contribution in [2.24, 2.45) is 0 Å². The summed E-state index contributed by atoms with van der Waals surface area (Å²) in [5.74, 6) is 0. The van der Waals surface area contributed by atoms with Gasteiger partial charge in [-0.2, -0.15) is 0 Å². The summed E-state index contributed by atoms with van der Waals surface area (Å²) in [6.07, 6.45) is 0. The predicted molar refractivity (Wildman–Crippen MR) is 260 cm³/mol. The summed E-state index contributed by atoms with van der Waals surface area (Å²) >= 11 is 0. The molecule has 0 N–H and O–H groups in total. The van der Waals surface area contributed by atoms with Crippen LogP contribution >= 0.6 is 0 Å². The summed E-state index contributed by atoms with van der Waals surface area (Å²) in [6.45, 7) is 9.24. The number of hydrogen-bond donors (Lipinski definition) is 0. The Balaban J connectivity index is 0.990. The van der Waals surface area contributed by atoms with E-state index in [0.717, 1.165) is 22.7 Å². The molecular weight excluding hydrogens is 737 g/mol. The average molecular weight is 781 g/mol. The van der Waals surface area contributed by atoms with E-state index in [0.29, 0.717) is 0 Å². The molecule has 1 heterocycles. The number of nitrogens with zero attached hydrogens (tertiary/aromatic N) is 2. The first-order valence-electron chi connectivity index (χ1n) is 21.4. The van der Waals surface area contributed by atoms with E-state index in [4.69, 9.17) is 0 Å². The number of hydrogen-bond acceptors (Lipinski definition) is 1. The lowest BCUT2D eigenvalue weighted by Gasteiger charge is -2.27. The van der Waals surface area contributed by atoms with Gasteiger partial charge >= 0.3 is 0 Å². The molecule has 0 saturated heterocycles. The van der Waals surface area contributed by atoms with Crippen molar-refractivity contribution in [2.75, 3.05) is 4.90 Å². The lowest BCUT2D eigenvalue weighted by molar-refractivity contribution is 0.660. The summed E-state index contributed by atoms with van der Waals surface area (Å²) in [5.41, 5.74) is 18.8. The third-order valence-electron chi connectivity index (χ3n) is 13.8. The first-order chi connectivity index (χ1) is 29.8. The van der Waals surface area contributed by atoms with E-state index in [1.165, 1.54) is 99.0 Å². The number of fused-ring (bicyclic) bond motifs is 5. The van der Waals surface area contributed by atoms with Crippen LogP contribution in [0.5, 0.6) is 0 Å². The maximum atomic E-state index is 2.49. The smallest absolute Gasteiger partial charge is 0.0613 e. The number of benzene rings is 10. The molecule has 1 aliphatic carbocycles. The van der Waals surface area contributed by atoms with Gasteiger partial charge in [-0.05, 0) is 145 Å². The number of aryl methyl sites for hydroxylation is 1. The number of anilines is 3. The van der Waals surface area contributed by atoms with Crippen molar-refractivity contribution in [1.29, 1.82) is 0 Å². The Bertz CT molecular complexity index is 3480. The maximum absolute atomic E-state index is 2.49. The highest BCUT2D eigenvalue weighted by Gasteiger charge is 2.35. The molecule has 1 aliphatic rings. The normalized spacial score (nSPS) is 13.0. The van der Waals surface area contributed by atoms with Crippen molar-refractivity contribution in [3.63, 3.8) is 0 Å². The van der Waals surface area contributed by atoms with Crippen LogP contribution in [0.1, 0.15) is 36.2 Å². The van der Waals surface area contributed by atoms with E-state index in [-0.39, 0.29) is 5.41 Å². The Labute approximate surface area is 356 Å². The van der Waals surface area contributed by atoms with Gasteiger partial charge in [0, 0.05) is 44.6 Å². The lowest BCUT2D eigenvalue weighted by Crippen LogP contribution is -2.15. The van der Waals surface area contributed by atoms with Crippen LogP contribution in [0.3, 0.4) is 0 Å². The molecular formula is C59H44N2. The minimum Gasteiger partial charge on any atom is -0.313 e. The second kappa shape index (κ2) is 13.3. The van der Waals surface area contributed by atoms with Crippen molar-refractivity contribution in [3.8, 4) is 39.1 Å². The fourth-order valence-electron chi connectivity index (χ4n) is 10.6. The highest BCUT2D eigenvalue weighted by atomic mass is 15.1. The molecule has 11 aromatic rings. The van der Waals surface area contributed by atoms with E-state index in [1.807, 2.05) is 0 Å². The molecule has 0 spiro atoms. The van der Waals surface area contributed by atoms with Crippen LogP contribution in [-0.2, 0) is 5.41 Å². The molecule has 0 saturated carbocycles. The van der Waals surface area contributed by atoms with Crippen molar-refractivity contribution in [2.45, 2.75) is 33.1 Å². The molecule has 0 fully saturated rings. The zero-order valence-electron chi connectivity index (χ0n) is 34.9. The second-order valence-corrected chi connectivity index (χ2v) is 17.4. The molecule has 12 rings (SSSR count). The molecule has 0 radical (unpaired) electrons. The van der Waals surface area contributed by atoms with Crippen LogP contribution in [0, 0.1) is 13.8 Å². The van der Waals surface area contributed by atoms with E-state index in [9.17, 15) is 0 Å². The predicted octanol–water partition coefficient (Wildman–Crippen LogP) is 16.3. The van der Waals surface area contributed by atoms with E-state index in [2.05, 4.69) is 231 Å². The third kappa shape index (κ3) is 5.28. The van der Waals surface area contributed by atoms with Gasteiger partial charge in [0.05, 0.1) is 5.52 Å². The molecule has 2 heteroatoms. The first kappa shape index (κ1) is 35.5. The van der Waals surface area contributed by atoms with Crippen LogP contribution in [0.25, 0.3) is 82.3 Å². The third-order valence-corrected chi connectivity index (χ3v) is 13.8. The number of rotatable bonds is 6. The van der Waals surface area contributed by atoms with E-state index < -0.39 is 0 Å². The van der Waals surface area contributed by atoms with Crippen molar-refractivity contribution >= 4 is 60.3 Å². The average Bonchev–Trinajstić information content (AvgIpc) is 3.70. The maximum Gasteiger partial charge on any atom is 0.0613 e. The topological polar surface area (TPSA) is 8.17 Å². The monoisotopic (exact) mass is 780 g/mol. The Hall–Kier alpha value is -7.42. The van der Waals surface area contributed by atoms with Crippen LogP contribution in [0.2, 0.25) is 0 Å². The minimum atomic E-state index is -0.0374. The summed E-state index contributed by atoms with van der Waals surface area (Å²) in [4.78, 5) is 2.39. The van der Waals surface area contributed by atoms with Crippen LogP contribution in [-0.4, -0.2) is 4.57 Å². The van der Waals surface area contributed by atoms with E-state index >= 15 is 0 Å². The molecule has 2 nitrogen and oxygen atoms in total. The molecule has 61 heavy (non-hydrogen) atoms. The highest BCUT2D eigenvalue weighted by molar-refractivity contribution is 6.30. The standard InChI is InChI=1S/C59H44N2/c1-37-38(2)60(45-26-28-46(29-27-45)61(44-15-9-6-10-16-44)47-30-34-55-53(36-47)49-17-11-12-18-54(49)59(55,3)4)58-51-33-24-42-23-31-48(50-32-25-43(35-52(37)58)57(51)56(42)50)41-21-19-40(20-22-41)39-13-7-5-8-14-39/h5-36H,1-4H3. The summed E-state index contributed by atoms with van der Waals surface area (Å²) in [7, 11) is 0. The Morgan fingerprint density at radius 3 is 1.79 bits per heavy atom. The fraction of sp³-hybridized carbons (Fsp3) is 0.0847. The van der Waals surface area contributed by atoms with Gasteiger partial charge in [0.15, 0.2) is 0 Å². The number of para-hydroxylation sites is 1. The molecule has 0 unspecified atom stereocenters. The van der Waals surface area contributed by atoms with Gasteiger partial charge < -0.3 is 9.47 Å². The van der Waals surface area contributed by atoms with Crippen molar-refractivity contribution in [1.82, 2.24) is 4.57 Å². The SMILES string of the molecule is Cc1c(C)n(-c2ccc(N(c3ccccc3)c3ccc4c(c3)-c3ccccc3C4(C)C)cc2)c2c1cc1ccc3c(-c4ccc(-c5ccccc5)cc4)ccc4ccc2c1c43. The van der Waals surface area contributed by atoms with Crippen LogP contribution in [0.15, 0.2) is 194 Å². The zero-order valence-corrected chi connectivity index (χ0v) is 34.9. The van der Waals surface area contributed by atoms with Gasteiger partial charge in [0.2, 0.25) is 0 Å². The van der Waals surface area contributed by atoms with Gasteiger partial charge in [-0.1, -0.05) is 153 Å². The Morgan fingerprint density at radius 2 is 1.00 bits per heavy atom. The first-order valence-corrected chi connectivity index (χ1v) is 21.4. The quantitative estimate of drug-likeness (QED) is 0.153. The molecule has 0 amide bonds. The highest BCUT2D eigenvalue weighted by Crippen LogP contribution is 2.51. The summed E-state index contributed by atoms with van der Waals surface area (Å²) in [6, 6.07) is 71.9. The van der Waals surface area contributed by atoms with E-state index in [1.54, 1.807) is 0 Å². The molecule has 10 aromatic carbocycles. The number of aromatic nitrogens is 1. The van der Waals surface area contributed by atoms with Gasteiger partial charge in [-0.25, -0.2) is 0 Å². The van der Waals surface area contributed by atoms with Gasteiger partial charge in [-0.15, -0.1) is 0 Å². The lowest BCUT2D eigenvalue weighted by atomic mass is 9.82. The van der Waals surface area contributed by atoms with Gasteiger partial charge in [0.1, 0.15) is 0 Å². The zero-order chi connectivity index (χ0) is 41.0. The fourth-order valence-corrected chi connectivity index (χ4v) is 10.6. The summed E-state index contributed by atoms with van der Waals surface area (Å²) < 4.78 is 2.49. The van der Waals surface area contributed by atoms with Crippen LogP contribution < -0.4 is 4.90 Å². The van der Waals surface area contributed by atoms with Crippen molar-refractivity contribution in [3.05, 3.63) is 217 Å². The largest absolute Gasteiger partial charge is 0.313 e. The van der Waals surface area contributed by atoms with Gasteiger partial charge in [-0.3, -0.25) is 0 Å². The summed E-state index contributed by atoms with van der Waals surface area (Å²) in [5, 5.41) is 9.10. The minimum absolute atomic E-state index is 0.0374. The second-order valence-electron chi connectivity index (χ2n) is 17.4. The van der Waals surface area contributed by atoms with Gasteiger partial charge in [0.25, 0.3) is 0 Å². The molecule has 0 aliphatic heterocycles. The molecule has 0 bridgehead atoms.